The molecule has 1 aliphatic carbocycles. The van der Waals surface area contributed by atoms with Crippen LogP contribution in [-0.2, 0) is 19.4 Å². The van der Waals surface area contributed by atoms with E-state index in [2.05, 4.69) is 62.4 Å². The summed E-state index contributed by atoms with van der Waals surface area (Å²) in [5.74, 6) is 1.92. The third kappa shape index (κ3) is 3.86. The zero-order chi connectivity index (χ0) is 21.9. The second kappa shape index (κ2) is 8.86. The van der Waals surface area contributed by atoms with E-state index in [0.717, 1.165) is 71.6 Å². The van der Waals surface area contributed by atoms with Gasteiger partial charge in [-0.25, -0.2) is 10.1 Å². The van der Waals surface area contributed by atoms with Crippen LogP contribution in [0.3, 0.4) is 0 Å². The molecule has 0 saturated heterocycles. The number of fused-ring (bicyclic) bond motifs is 1. The van der Waals surface area contributed by atoms with Crippen molar-refractivity contribution in [3.8, 4) is 22.5 Å². The van der Waals surface area contributed by atoms with E-state index in [9.17, 15) is 4.79 Å². The van der Waals surface area contributed by atoms with Gasteiger partial charge < -0.3 is 4.57 Å². The lowest BCUT2D eigenvalue weighted by Gasteiger charge is -2.15. The van der Waals surface area contributed by atoms with E-state index in [1.807, 2.05) is 18.2 Å². The quantitative estimate of drug-likeness (QED) is 0.465. The van der Waals surface area contributed by atoms with Crippen molar-refractivity contribution in [2.45, 2.75) is 52.0 Å². The molecule has 0 bridgehead atoms. The maximum atomic E-state index is 12.7. The average molecular weight is 427 g/mol. The van der Waals surface area contributed by atoms with Crippen LogP contribution in [0.4, 0.5) is 0 Å². The van der Waals surface area contributed by atoms with Crippen molar-refractivity contribution in [2.75, 3.05) is 0 Å². The Morgan fingerprint density at radius 2 is 1.84 bits per heavy atom. The van der Waals surface area contributed by atoms with Gasteiger partial charge in [0.15, 0.2) is 11.6 Å². The summed E-state index contributed by atoms with van der Waals surface area (Å²) in [6, 6.07) is 16.6. The van der Waals surface area contributed by atoms with E-state index >= 15 is 0 Å². The predicted molar refractivity (Wildman–Crippen MR) is 122 cm³/mol. The number of hydrogen-bond donors (Lipinski definition) is 1. The molecule has 7 heteroatoms. The van der Waals surface area contributed by atoms with Gasteiger partial charge in [-0.3, -0.25) is 4.79 Å². The van der Waals surface area contributed by atoms with Crippen molar-refractivity contribution in [1.29, 1.82) is 0 Å². The average Bonchev–Trinajstić information content (AvgIpc) is 3.47. The first-order valence-corrected chi connectivity index (χ1v) is 11.3. The first-order valence-electron chi connectivity index (χ1n) is 11.3. The number of H-pyrrole nitrogens is 1. The molecule has 0 atom stereocenters. The number of ketones is 1. The fraction of sp³-hybridized carbons (Fsp3) is 0.320. The van der Waals surface area contributed by atoms with Crippen molar-refractivity contribution in [2.24, 2.45) is 0 Å². The van der Waals surface area contributed by atoms with E-state index in [1.165, 1.54) is 0 Å². The zero-order valence-electron chi connectivity index (χ0n) is 18.2. The molecule has 32 heavy (non-hydrogen) atoms. The van der Waals surface area contributed by atoms with Crippen LogP contribution in [0.2, 0.25) is 0 Å². The smallest absolute Gasteiger partial charge is 0.181 e. The Morgan fingerprint density at radius 1 is 1.03 bits per heavy atom. The standard InChI is InChI=1S/C25H26N6O/c1-2-3-11-23-26-21-9-6-10-22(32)24(21)31(23)16-17-12-14-18(15-13-17)19-7-4-5-8-20(19)25-27-29-30-28-25/h4-5,7-8,12-15H,2-3,6,9-11,16H2,1H3,(H,27,28,29,30). The highest BCUT2D eigenvalue weighted by atomic mass is 16.1. The summed E-state index contributed by atoms with van der Waals surface area (Å²) in [5, 5.41) is 14.3. The number of carbonyl (C=O) groups excluding carboxylic acids is 1. The van der Waals surface area contributed by atoms with Gasteiger partial charge in [-0.15, -0.1) is 5.10 Å². The Balaban J connectivity index is 1.46. The number of nitrogens with one attached hydrogen (secondary N) is 1. The molecule has 2 heterocycles. The summed E-state index contributed by atoms with van der Waals surface area (Å²) in [6.45, 7) is 2.85. The van der Waals surface area contributed by atoms with Gasteiger partial charge in [-0.1, -0.05) is 61.9 Å². The van der Waals surface area contributed by atoms with E-state index in [1.54, 1.807) is 0 Å². The van der Waals surface area contributed by atoms with Gasteiger partial charge in [-0.2, -0.15) is 0 Å². The van der Waals surface area contributed by atoms with Crippen molar-refractivity contribution < 1.29 is 4.79 Å². The van der Waals surface area contributed by atoms with Gasteiger partial charge in [-0.05, 0) is 46.4 Å². The highest BCUT2D eigenvalue weighted by molar-refractivity contribution is 5.96. The molecule has 2 aromatic carbocycles. The number of rotatable bonds is 7. The molecule has 0 unspecified atom stereocenters. The number of benzene rings is 2. The molecule has 4 aromatic rings. The van der Waals surface area contributed by atoms with Gasteiger partial charge in [0, 0.05) is 24.9 Å². The number of aromatic nitrogens is 6. The third-order valence-corrected chi connectivity index (χ3v) is 6.09. The van der Waals surface area contributed by atoms with E-state index in [-0.39, 0.29) is 5.78 Å². The minimum Gasteiger partial charge on any atom is -0.321 e. The largest absolute Gasteiger partial charge is 0.321 e. The molecule has 0 fully saturated rings. The summed E-state index contributed by atoms with van der Waals surface area (Å²) in [7, 11) is 0. The van der Waals surface area contributed by atoms with Crippen LogP contribution in [0.25, 0.3) is 22.5 Å². The number of imidazole rings is 1. The number of carbonyl (C=O) groups is 1. The summed E-state index contributed by atoms with van der Waals surface area (Å²) in [4.78, 5) is 17.6. The lowest BCUT2D eigenvalue weighted by Crippen LogP contribution is -2.17. The van der Waals surface area contributed by atoms with E-state index < -0.39 is 0 Å². The second-order valence-electron chi connectivity index (χ2n) is 8.28. The molecule has 2 aromatic heterocycles. The molecule has 0 saturated carbocycles. The van der Waals surface area contributed by atoms with Gasteiger partial charge in [0.05, 0.1) is 5.69 Å². The van der Waals surface area contributed by atoms with Crippen molar-refractivity contribution in [3.05, 3.63) is 71.3 Å². The fourth-order valence-corrected chi connectivity index (χ4v) is 4.46. The lowest BCUT2D eigenvalue weighted by molar-refractivity contribution is 0.0963. The Labute approximate surface area is 186 Å². The topological polar surface area (TPSA) is 89.3 Å². The second-order valence-corrected chi connectivity index (χ2v) is 8.28. The molecule has 0 aliphatic heterocycles. The van der Waals surface area contributed by atoms with Crippen molar-refractivity contribution in [3.63, 3.8) is 0 Å². The molecular formula is C25H26N6O. The van der Waals surface area contributed by atoms with Gasteiger partial charge >= 0.3 is 0 Å². The Kier molecular flexibility index (Phi) is 5.62. The summed E-state index contributed by atoms with van der Waals surface area (Å²) in [5.41, 5.74) is 6.09. The Morgan fingerprint density at radius 3 is 2.59 bits per heavy atom. The van der Waals surface area contributed by atoms with E-state index in [0.29, 0.717) is 18.8 Å². The molecule has 0 spiro atoms. The monoisotopic (exact) mass is 426 g/mol. The normalized spacial score (nSPS) is 13.3. The molecule has 0 radical (unpaired) electrons. The van der Waals surface area contributed by atoms with Crippen LogP contribution in [0, 0.1) is 0 Å². The fourth-order valence-electron chi connectivity index (χ4n) is 4.46. The van der Waals surface area contributed by atoms with Crippen molar-refractivity contribution in [1.82, 2.24) is 30.2 Å². The van der Waals surface area contributed by atoms with Crippen LogP contribution < -0.4 is 0 Å². The molecule has 5 rings (SSSR count). The number of unbranched alkanes of at least 4 members (excludes halogenated alkanes) is 1. The number of tetrazole rings is 1. The summed E-state index contributed by atoms with van der Waals surface area (Å²) >= 11 is 0. The number of aryl methyl sites for hydroxylation is 2. The highest BCUT2D eigenvalue weighted by Gasteiger charge is 2.26. The summed E-state index contributed by atoms with van der Waals surface area (Å²) in [6.07, 6.45) is 5.53. The van der Waals surface area contributed by atoms with Gasteiger partial charge in [0.25, 0.3) is 0 Å². The van der Waals surface area contributed by atoms with E-state index in [4.69, 9.17) is 4.98 Å². The first kappa shape index (κ1) is 20.3. The predicted octanol–water partition coefficient (Wildman–Crippen LogP) is 4.64. The number of hydrogen-bond acceptors (Lipinski definition) is 5. The van der Waals surface area contributed by atoms with Crippen LogP contribution in [0.1, 0.15) is 60.2 Å². The molecular weight excluding hydrogens is 400 g/mol. The Hall–Kier alpha value is -3.61. The first-order chi connectivity index (χ1) is 15.7. The molecule has 1 N–H and O–H groups in total. The lowest BCUT2D eigenvalue weighted by atomic mass is 9.98. The van der Waals surface area contributed by atoms with Gasteiger partial charge in [0.1, 0.15) is 11.5 Å². The zero-order valence-corrected chi connectivity index (χ0v) is 18.2. The van der Waals surface area contributed by atoms with Crippen LogP contribution in [0.15, 0.2) is 48.5 Å². The van der Waals surface area contributed by atoms with Crippen molar-refractivity contribution >= 4 is 5.78 Å². The van der Waals surface area contributed by atoms with Crippen LogP contribution >= 0.6 is 0 Å². The maximum Gasteiger partial charge on any atom is 0.181 e. The van der Waals surface area contributed by atoms with Crippen LogP contribution in [0.5, 0.6) is 0 Å². The SMILES string of the molecule is CCCCc1nc2c(n1Cc1ccc(-c3ccccc3-c3nnn[nH]3)cc1)C(=O)CCC2. The number of nitrogens with zero attached hydrogens (tertiary/aromatic N) is 5. The van der Waals surface area contributed by atoms with Crippen LogP contribution in [-0.4, -0.2) is 36.0 Å². The molecule has 7 nitrogen and oxygen atoms in total. The molecule has 1 aliphatic rings. The Bertz CT molecular complexity index is 1220. The number of Topliss-reactive ketones (excluding diaryl/α,β-unsaturated/α-hetero) is 1. The third-order valence-electron chi connectivity index (χ3n) is 6.09. The minimum atomic E-state index is 0.229. The maximum absolute atomic E-state index is 12.7. The summed E-state index contributed by atoms with van der Waals surface area (Å²) < 4.78 is 2.16. The number of aromatic amines is 1. The molecule has 162 valence electrons. The minimum absolute atomic E-state index is 0.229. The van der Waals surface area contributed by atoms with Gasteiger partial charge in [0.2, 0.25) is 0 Å². The molecule has 0 amide bonds. The highest BCUT2D eigenvalue weighted by Crippen LogP contribution is 2.30.